The Bertz CT molecular complexity index is 1030. The minimum absolute atomic E-state index is 0.00731. The van der Waals surface area contributed by atoms with E-state index in [1.807, 2.05) is 32.0 Å². The zero-order chi connectivity index (χ0) is 18.7. The number of fused-ring (bicyclic) bond motifs is 1. The molecule has 0 aliphatic carbocycles. The van der Waals surface area contributed by atoms with Crippen molar-refractivity contribution < 1.29 is 14.3 Å². The number of aromatic amines is 1. The zero-order valence-electron chi connectivity index (χ0n) is 14.5. The molecule has 1 aromatic heterocycles. The number of aryl methyl sites for hydroxylation is 2. The molecule has 0 saturated heterocycles. The lowest BCUT2D eigenvalue weighted by Crippen LogP contribution is -2.22. The summed E-state index contributed by atoms with van der Waals surface area (Å²) in [6.45, 7) is 3.41. The van der Waals surface area contributed by atoms with E-state index in [0.29, 0.717) is 16.6 Å². The monoisotopic (exact) mass is 350 g/mol. The van der Waals surface area contributed by atoms with Crippen LogP contribution >= 0.6 is 0 Å². The lowest BCUT2D eigenvalue weighted by atomic mass is 10.1. The second-order valence-electron chi connectivity index (χ2n) is 6.09. The number of carbonyl (C=O) groups excluding carboxylic acids is 2. The van der Waals surface area contributed by atoms with Gasteiger partial charge in [0, 0.05) is 22.7 Å². The highest BCUT2D eigenvalue weighted by Crippen LogP contribution is 2.13. The summed E-state index contributed by atoms with van der Waals surface area (Å²) in [4.78, 5) is 39.0. The van der Waals surface area contributed by atoms with Gasteiger partial charge in [-0.05, 0) is 49.2 Å². The molecule has 6 nitrogen and oxygen atoms in total. The van der Waals surface area contributed by atoms with Crippen molar-refractivity contribution >= 4 is 28.5 Å². The van der Waals surface area contributed by atoms with E-state index in [9.17, 15) is 14.4 Å². The fourth-order valence-electron chi connectivity index (χ4n) is 2.76. The van der Waals surface area contributed by atoms with Gasteiger partial charge in [-0.2, -0.15) is 0 Å². The van der Waals surface area contributed by atoms with Crippen LogP contribution in [0.3, 0.4) is 0 Å². The molecule has 0 fully saturated rings. The number of hydrogen-bond donors (Lipinski definition) is 2. The molecule has 0 bridgehead atoms. The van der Waals surface area contributed by atoms with Gasteiger partial charge in [0.25, 0.3) is 5.91 Å². The molecule has 0 unspecified atom stereocenters. The molecule has 2 N–H and O–H groups in total. The number of H-pyrrole nitrogens is 1. The highest BCUT2D eigenvalue weighted by Gasteiger charge is 2.13. The Hall–Kier alpha value is -3.41. The van der Waals surface area contributed by atoms with Gasteiger partial charge >= 0.3 is 5.97 Å². The molecule has 26 heavy (non-hydrogen) atoms. The summed E-state index contributed by atoms with van der Waals surface area (Å²) in [7, 11) is 0. The van der Waals surface area contributed by atoms with Crippen molar-refractivity contribution in [2.24, 2.45) is 0 Å². The first-order valence-corrected chi connectivity index (χ1v) is 8.10. The lowest BCUT2D eigenvalue weighted by Gasteiger charge is -2.09. The van der Waals surface area contributed by atoms with Crippen molar-refractivity contribution in [3.8, 4) is 0 Å². The number of aromatic nitrogens is 1. The van der Waals surface area contributed by atoms with E-state index >= 15 is 0 Å². The molecule has 0 aliphatic rings. The maximum atomic E-state index is 12.1. The maximum Gasteiger partial charge on any atom is 0.355 e. The first-order chi connectivity index (χ1) is 12.4. The van der Waals surface area contributed by atoms with Crippen LogP contribution in [-0.2, 0) is 9.53 Å². The summed E-state index contributed by atoms with van der Waals surface area (Å²) in [6, 6.07) is 13.7. The normalized spacial score (nSPS) is 10.5. The van der Waals surface area contributed by atoms with E-state index < -0.39 is 18.5 Å². The van der Waals surface area contributed by atoms with Crippen LogP contribution in [0.4, 0.5) is 5.69 Å². The summed E-state index contributed by atoms with van der Waals surface area (Å²) in [5.74, 6) is -1.21. The number of nitrogens with one attached hydrogen (secondary N) is 2. The van der Waals surface area contributed by atoms with Crippen LogP contribution in [0, 0.1) is 13.8 Å². The minimum atomic E-state index is -0.761. The topological polar surface area (TPSA) is 88.3 Å². The van der Waals surface area contributed by atoms with Crippen LogP contribution in [0.2, 0.25) is 0 Å². The average Bonchev–Trinajstić information content (AvgIpc) is 2.58. The number of benzene rings is 2. The molecule has 2 aromatic carbocycles. The Morgan fingerprint density at radius 3 is 2.46 bits per heavy atom. The number of pyridine rings is 1. The number of ether oxygens (including phenoxy) is 1. The van der Waals surface area contributed by atoms with Crippen LogP contribution < -0.4 is 10.7 Å². The fourth-order valence-corrected chi connectivity index (χ4v) is 2.76. The number of hydrogen-bond acceptors (Lipinski definition) is 4. The van der Waals surface area contributed by atoms with Crippen molar-refractivity contribution in [3.05, 3.63) is 75.6 Å². The van der Waals surface area contributed by atoms with Crippen molar-refractivity contribution in [2.45, 2.75) is 13.8 Å². The van der Waals surface area contributed by atoms with Crippen LogP contribution in [-0.4, -0.2) is 23.5 Å². The molecule has 0 radical (unpaired) electrons. The van der Waals surface area contributed by atoms with Crippen LogP contribution in [0.25, 0.3) is 10.9 Å². The molecule has 1 amide bonds. The van der Waals surface area contributed by atoms with E-state index in [2.05, 4.69) is 10.3 Å². The highest BCUT2D eigenvalue weighted by molar-refractivity contribution is 5.95. The fraction of sp³-hybridized carbons (Fsp3) is 0.150. The number of rotatable bonds is 4. The predicted molar refractivity (Wildman–Crippen MR) is 99.4 cm³/mol. The van der Waals surface area contributed by atoms with E-state index in [0.717, 1.165) is 11.1 Å². The molecule has 0 spiro atoms. The second-order valence-corrected chi connectivity index (χ2v) is 6.09. The number of esters is 1. The zero-order valence-corrected chi connectivity index (χ0v) is 14.5. The lowest BCUT2D eigenvalue weighted by molar-refractivity contribution is -0.119. The van der Waals surface area contributed by atoms with Crippen LogP contribution in [0.5, 0.6) is 0 Å². The third-order valence-corrected chi connectivity index (χ3v) is 3.80. The molecule has 0 aliphatic heterocycles. The van der Waals surface area contributed by atoms with E-state index in [-0.39, 0.29) is 11.1 Å². The first-order valence-electron chi connectivity index (χ1n) is 8.10. The van der Waals surface area contributed by atoms with Gasteiger partial charge in [-0.1, -0.05) is 18.2 Å². The van der Waals surface area contributed by atoms with Crippen molar-refractivity contribution in [2.75, 3.05) is 11.9 Å². The molecular formula is C20H18N2O4. The van der Waals surface area contributed by atoms with Crippen molar-refractivity contribution in [1.82, 2.24) is 4.98 Å². The SMILES string of the molecule is Cc1cc(C)cc(NC(=O)COC(=O)c2cc(=O)c3ccccc3[nH]2)c1. The number of para-hydroxylation sites is 1. The van der Waals surface area contributed by atoms with Gasteiger partial charge in [0.05, 0.1) is 0 Å². The Kier molecular flexibility index (Phi) is 4.84. The molecule has 3 rings (SSSR count). The molecule has 0 atom stereocenters. The Labute approximate surface area is 149 Å². The van der Waals surface area contributed by atoms with E-state index in [1.165, 1.54) is 6.07 Å². The molecule has 6 heteroatoms. The quantitative estimate of drug-likeness (QED) is 0.708. The third-order valence-electron chi connectivity index (χ3n) is 3.80. The van der Waals surface area contributed by atoms with Gasteiger partial charge < -0.3 is 15.0 Å². The number of carbonyl (C=O) groups is 2. The smallest absolute Gasteiger partial charge is 0.355 e. The van der Waals surface area contributed by atoms with Crippen molar-refractivity contribution in [1.29, 1.82) is 0 Å². The van der Waals surface area contributed by atoms with E-state index in [1.54, 1.807) is 24.3 Å². The first kappa shape index (κ1) is 17.4. The second kappa shape index (κ2) is 7.23. The summed E-state index contributed by atoms with van der Waals surface area (Å²) in [5.41, 5.74) is 2.94. The summed E-state index contributed by atoms with van der Waals surface area (Å²) >= 11 is 0. The number of amides is 1. The molecule has 1 heterocycles. The summed E-state index contributed by atoms with van der Waals surface area (Å²) < 4.78 is 5.01. The van der Waals surface area contributed by atoms with Gasteiger partial charge in [0.15, 0.2) is 12.0 Å². The summed E-state index contributed by atoms with van der Waals surface area (Å²) in [6.07, 6.45) is 0. The largest absolute Gasteiger partial charge is 0.451 e. The van der Waals surface area contributed by atoms with Gasteiger partial charge in [0.1, 0.15) is 5.69 Å². The summed E-state index contributed by atoms with van der Waals surface area (Å²) in [5, 5.41) is 3.17. The standard InChI is InChI=1S/C20H18N2O4/c1-12-7-13(2)9-14(8-12)21-19(24)11-26-20(25)17-10-18(23)15-5-3-4-6-16(15)22-17/h3-10H,11H2,1-2H3,(H,21,24)(H,22,23). The van der Waals surface area contributed by atoms with Crippen molar-refractivity contribution in [3.63, 3.8) is 0 Å². The molecule has 3 aromatic rings. The molecule has 0 saturated carbocycles. The Morgan fingerprint density at radius 2 is 1.73 bits per heavy atom. The van der Waals surface area contributed by atoms with E-state index in [4.69, 9.17) is 4.74 Å². The minimum Gasteiger partial charge on any atom is -0.451 e. The Morgan fingerprint density at radius 1 is 1.04 bits per heavy atom. The van der Waals surface area contributed by atoms with Gasteiger partial charge in [-0.3, -0.25) is 9.59 Å². The highest BCUT2D eigenvalue weighted by atomic mass is 16.5. The van der Waals surface area contributed by atoms with Gasteiger partial charge in [-0.15, -0.1) is 0 Å². The predicted octanol–water partition coefficient (Wildman–Crippen LogP) is 2.94. The van der Waals surface area contributed by atoms with Gasteiger partial charge in [0.2, 0.25) is 0 Å². The van der Waals surface area contributed by atoms with Crippen LogP contribution in [0.1, 0.15) is 21.6 Å². The maximum absolute atomic E-state index is 12.1. The third kappa shape index (κ3) is 3.97. The Balaban J connectivity index is 1.67. The molecule has 132 valence electrons. The molecular weight excluding hydrogens is 332 g/mol. The van der Waals surface area contributed by atoms with Gasteiger partial charge in [-0.25, -0.2) is 4.79 Å². The van der Waals surface area contributed by atoms with Crippen LogP contribution in [0.15, 0.2) is 53.3 Å². The number of anilines is 1. The average molecular weight is 350 g/mol.